The van der Waals surface area contributed by atoms with Crippen molar-refractivity contribution in [2.24, 2.45) is 0 Å². The highest BCUT2D eigenvalue weighted by Gasteiger charge is 2.10. The first-order valence-electron chi connectivity index (χ1n) is 4.61. The zero-order valence-corrected chi connectivity index (χ0v) is 10.0. The maximum absolute atomic E-state index is 4.37. The molecule has 0 aromatic carbocycles. The molecule has 14 heavy (non-hydrogen) atoms. The van der Waals surface area contributed by atoms with Gasteiger partial charge in [0.05, 0.1) is 4.47 Å². The summed E-state index contributed by atoms with van der Waals surface area (Å²) in [7, 11) is 0. The molecule has 2 heterocycles. The van der Waals surface area contributed by atoms with Crippen molar-refractivity contribution in [3.05, 3.63) is 28.1 Å². The minimum Gasteiger partial charge on any atom is -0.216 e. The molecule has 74 valence electrons. The highest BCUT2D eigenvalue weighted by Crippen LogP contribution is 2.22. The topological polar surface area (TPSA) is 30.2 Å². The van der Waals surface area contributed by atoms with Gasteiger partial charge in [-0.05, 0) is 40.9 Å². The molecule has 0 fully saturated rings. The number of aromatic nitrogens is 3. The third kappa shape index (κ3) is 1.43. The van der Waals surface area contributed by atoms with E-state index in [1.54, 1.807) is 0 Å². The van der Waals surface area contributed by atoms with Crippen LogP contribution in [-0.4, -0.2) is 14.6 Å². The molecule has 2 aromatic rings. The average Bonchev–Trinajstić information content (AvgIpc) is 2.47. The molecule has 0 aliphatic carbocycles. The van der Waals surface area contributed by atoms with Crippen LogP contribution in [0.15, 0.2) is 16.6 Å². The highest BCUT2D eigenvalue weighted by molar-refractivity contribution is 9.10. The molecule has 0 saturated heterocycles. The van der Waals surface area contributed by atoms with Gasteiger partial charge < -0.3 is 0 Å². The molecule has 0 N–H and O–H groups in total. The van der Waals surface area contributed by atoms with Crippen molar-refractivity contribution < 1.29 is 0 Å². The van der Waals surface area contributed by atoms with Crippen molar-refractivity contribution >= 4 is 21.6 Å². The lowest BCUT2D eigenvalue weighted by Crippen LogP contribution is -2.00. The fourth-order valence-electron chi connectivity index (χ4n) is 1.49. The second-order valence-electron chi connectivity index (χ2n) is 3.66. The van der Waals surface area contributed by atoms with Gasteiger partial charge >= 0.3 is 0 Å². The lowest BCUT2D eigenvalue weighted by molar-refractivity contribution is 0.751. The Bertz CT molecular complexity index is 473. The summed E-state index contributed by atoms with van der Waals surface area (Å²) in [5, 5.41) is 4.37. The number of nitrogens with zero attached hydrogens (tertiary/aromatic N) is 3. The molecule has 0 saturated carbocycles. The van der Waals surface area contributed by atoms with Crippen molar-refractivity contribution in [2.45, 2.75) is 26.7 Å². The van der Waals surface area contributed by atoms with Crippen LogP contribution in [0.1, 0.15) is 31.3 Å². The number of hydrogen-bond donors (Lipinski definition) is 0. The van der Waals surface area contributed by atoms with E-state index in [-0.39, 0.29) is 0 Å². The SMILES string of the molecule is Cc1nc2c(Br)ccc(C(C)C)n2n1. The maximum Gasteiger partial charge on any atom is 0.170 e. The molecular weight excluding hydrogens is 242 g/mol. The Hall–Kier alpha value is -0.900. The van der Waals surface area contributed by atoms with Crippen LogP contribution in [0.4, 0.5) is 0 Å². The quantitative estimate of drug-likeness (QED) is 0.783. The first kappa shape index (κ1) is 9.65. The summed E-state index contributed by atoms with van der Waals surface area (Å²) in [6.45, 7) is 6.21. The molecule has 0 aliphatic rings. The van der Waals surface area contributed by atoms with Gasteiger partial charge in [0.2, 0.25) is 0 Å². The van der Waals surface area contributed by atoms with Crippen LogP contribution in [0.2, 0.25) is 0 Å². The zero-order valence-electron chi connectivity index (χ0n) is 8.45. The molecule has 2 rings (SSSR count). The van der Waals surface area contributed by atoms with Crippen molar-refractivity contribution in [1.82, 2.24) is 14.6 Å². The predicted octanol–water partition coefficient (Wildman–Crippen LogP) is 2.92. The van der Waals surface area contributed by atoms with E-state index in [0.717, 1.165) is 15.9 Å². The summed E-state index contributed by atoms with van der Waals surface area (Å²) in [4.78, 5) is 4.36. The van der Waals surface area contributed by atoms with Gasteiger partial charge in [-0.2, -0.15) is 5.10 Å². The molecule has 0 radical (unpaired) electrons. The molecule has 0 unspecified atom stereocenters. The summed E-state index contributed by atoms with van der Waals surface area (Å²) in [5.41, 5.74) is 2.08. The Kier molecular flexibility index (Phi) is 2.31. The van der Waals surface area contributed by atoms with Gasteiger partial charge in [0, 0.05) is 5.69 Å². The Labute approximate surface area is 91.3 Å². The van der Waals surface area contributed by atoms with Gasteiger partial charge in [-0.3, -0.25) is 0 Å². The van der Waals surface area contributed by atoms with Gasteiger partial charge in [-0.15, -0.1) is 0 Å². The van der Waals surface area contributed by atoms with Gasteiger partial charge in [0.1, 0.15) is 5.82 Å². The Balaban J connectivity index is 2.81. The van der Waals surface area contributed by atoms with E-state index in [9.17, 15) is 0 Å². The number of rotatable bonds is 1. The van der Waals surface area contributed by atoms with Gasteiger partial charge in [-0.1, -0.05) is 13.8 Å². The fourth-order valence-corrected chi connectivity index (χ4v) is 1.88. The molecule has 0 atom stereocenters. The molecule has 0 aliphatic heterocycles. The first-order valence-corrected chi connectivity index (χ1v) is 5.40. The third-order valence-corrected chi connectivity index (χ3v) is 2.78. The van der Waals surface area contributed by atoms with E-state index in [4.69, 9.17) is 0 Å². The minimum absolute atomic E-state index is 0.451. The van der Waals surface area contributed by atoms with Crippen LogP contribution in [-0.2, 0) is 0 Å². The average molecular weight is 254 g/mol. The third-order valence-electron chi connectivity index (χ3n) is 2.16. The van der Waals surface area contributed by atoms with Crippen LogP contribution in [0.5, 0.6) is 0 Å². The summed E-state index contributed by atoms with van der Waals surface area (Å²) < 4.78 is 2.90. The minimum atomic E-state index is 0.451. The molecule has 3 nitrogen and oxygen atoms in total. The van der Waals surface area contributed by atoms with E-state index < -0.39 is 0 Å². The second-order valence-corrected chi connectivity index (χ2v) is 4.51. The smallest absolute Gasteiger partial charge is 0.170 e. The second kappa shape index (κ2) is 3.35. The van der Waals surface area contributed by atoms with Crippen LogP contribution in [0, 0.1) is 6.92 Å². The van der Waals surface area contributed by atoms with Gasteiger partial charge in [0.25, 0.3) is 0 Å². The van der Waals surface area contributed by atoms with Gasteiger partial charge in [-0.25, -0.2) is 9.50 Å². The number of hydrogen-bond acceptors (Lipinski definition) is 2. The number of pyridine rings is 1. The van der Waals surface area contributed by atoms with Crippen molar-refractivity contribution in [1.29, 1.82) is 0 Å². The van der Waals surface area contributed by atoms with E-state index in [0.29, 0.717) is 5.92 Å². The fraction of sp³-hybridized carbons (Fsp3) is 0.400. The first-order chi connectivity index (χ1) is 6.59. The summed E-state index contributed by atoms with van der Waals surface area (Å²) in [5.74, 6) is 1.26. The standard InChI is InChI=1S/C10H12BrN3/c1-6(2)9-5-4-8(11)10-12-7(3)13-14(9)10/h4-6H,1-3H3. The van der Waals surface area contributed by atoms with Crippen LogP contribution in [0.3, 0.4) is 0 Å². The van der Waals surface area contributed by atoms with Crippen LogP contribution in [0.25, 0.3) is 5.65 Å². The molecule has 0 amide bonds. The van der Waals surface area contributed by atoms with Crippen molar-refractivity contribution in [2.75, 3.05) is 0 Å². The molecule has 2 aromatic heterocycles. The Morgan fingerprint density at radius 3 is 2.71 bits per heavy atom. The predicted molar refractivity (Wildman–Crippen MR) is 59.5 cm³/mol. The van der Waals surface area contributed by atoms with Crippen LogP contribution >= 0.6 is 15.9 Å². The Morgan fingerprint density at radius 2 is 2.07 bits per heavy atom. The summed E-state index contributed by atoms with van der Waals surface area (Å²) >= 11 is 3.47. The van der Waals surface area contributed by atoms with E-state index in [1.165, 1.54) is 5.69 Å². The number of aryl methyl sites for hydroxylation is 1. The molecule has 4 heteroatoms. The summed E-state index contributed by atoms with van der Waals surface area (Å²) in [6, 6.07) is 4.11. The highest BCUT2D eigenvalue weighted by atomic mass is 79.9. The van der Waals surface area contributed by atoms with Gasteiger partial charge in [0.15, 0.2) is 5.65 Å². The molecule has 0 spiro atoms. The maximum atomic E-state index is 4.37. The largest absolute Gasteiger partial charge is 0.216 e. The molecule has 0 bridgehead atoms. The lowest BCUT2D eigenvalue weighted by Gasteiger charge is -2.07. The Morgan fingerprint density at radius 1 is 1.36 bits per heavy atom. The number of fused-ring (bicyclic) bond motifs is 1. The van der Waals surface area contributed by atoms with Crippen LogP contribution < -0.4 is 0 Å². The van der Waals surface area contributed by atoms with Crippen molar-refractivity contribution in [3.63, 3.8) is 0 Å². The monoisotopic (exact) mass is 253 g/mol. The number of halogens is 1. The van der Waals surface area contributed by atoms with E-state index >= 15 is 0 Å². The lowest BCUT2D eigenvalue weighted by atomic mass is 10.1. The normalized spacial score (nSPS) is 11.5. The van der Waals surface area contributed by atoms with E-state index in [1.807, 2.05) is 17.5 Å². The molecular formula is C10H12BrN3. The summed E-state index contributed by atoms with van der Waals surface area (Å²) in [6.07, 6.45) is 0. The van der Waals surface area contributed by atoms with E-state index in [2.05, 4.69) is 45.9 Å². The van der Waals surface area contributed by atoms with Crippen molar-refractivity contribution in [3.8, 4) is 0 Å². The zero-order chi connectivity index (χ0) is 10.3.